The van der Waals surface area contributed by atoms with Gasteiger partial charge in [0.2, 0.25) is 0 Å². The second-order valence-corrected chi connectivity index (χ2v) is 7.17. The van der Waals surface area contributed by atoms with Crippen LogP contribution in [0.1, 0.15) is 26.3 Å². The minimum atomic E-state index is -0.377. The average Bonchev–Trinajstić information content (AvgIpc) is 2.68. The summed E-state index contributed by atoms with van der Waals surface area (Å²) >= 11 is 11.1. The topological polar surface area (TPSA) is 70.2 Å². The number of nitrogens with one attached hydrogen (secondary N) is 3. The van der Waals surface area contributed by atoms with Gasteiger partial charge in [0.05, 0.1) is 0 Å². The fourth-order valence-electron chi connectivity index (χ4n) is 2.63. The van der Waals surface area contributed by atoms with E-state index in [2.05, 4.69) is 16.0 Å². The largest absolute Gasteiger partial charge is 0.332 e. The van der Waals surface area contributed by atoms with Crippen molar-refractivity contribution in [1.82, 2.24) is 5.32 Å². The molecule has 0 saturated carbocycles. The number of amides is 2. The Hall–Kier alpha value is -3.22. The van der Waals surface area contributed by atoms with Crippen LogP contribution in [0.2, 0.25) is 5.02 Å². The maximum atomic E-state index is 12.5. The van der Waals surface area contributed by atoms with Crippen LogP contribution in [0.3, 0.4) is 0 Å². The molecule has 0 atom stereocenters. The zero-order valence-corrected chi connectivity index (χ0v) is 17.1. The van der Waals surface area contributed by atoms with Gasteiger partial charge in [-0.2, -0.15) is 0 Å². The van der Waals surface area contributed by atoms with E-state index in [1.807, 2.05) is 31.2 Å². The van der Waals surface area contributed by atoms with Gasteiger partial charge in [-0.3, -0.25) is 14.9 Å². The van der Waals surface area contributed by atoms with E-state index in [1.165, 1.54) is 0 Å². The van der Waals surface area contributed by atoms with Crippen LogP contribution in [0.25, 0.3) is 0 Å². The van der Waals surface area contributed by atoms with Gasteiger partial charge >= 0.3 is 0 Å². The molecule has 0 fully saturated rings. The lowest BCUT2D eigenvalue weighted by Gasteiger charge is -2.11. The summed E-state index contributed by atoms with van der Waals surface area (Å²) in [6.07, 6.45) is 0. The van der Waals surface area contributed by atoms with Crippen LogP contribution in [0.4, 0.5) is 11.4 Å². The van der Waals surface area contributed by atoms with Crippen molar-refractivity contribution in [1.29, 1.82) is 0 Å². The van der Waals surface area contributed by atoms with Crippen LogP contribution in [0, 0.1) is 6.92 Å². The lowest BCUT2D eigenvalue weighted by atomic mass is 10.1. The predicted molar refractivity (Wildman–Crippen MR) is 121 cm³/mol. The fraction of sp³-hybridized carbons (Fsp3) is 0.0455. The van der Waals surface area contributed by atoms with Crippen LogP contribution in [0.5, 0.6) is 0 Å². The minimum absolute atomic E-state index is 0.117. The molecule has 3 aromatic carbocycles. The molecule has 0 spiro atoms. The van der Waals surface area contributed by atoms with E-state index in [0.29, 0.717) is 21.8 Å². The van der Waals surface area contributed by atoms with E-state index < -0.39 is 0 Å². The minimum Gasteiger partial charge on any atom is -0.332 e. The second-order valence-electron chi connectivity index (χ2n) is 6.32. The number of benzene rings is 3. The maximum absolute atomic E-state index is 12.5. The molecule has 0 unspecified atom stereocenters. The Bertz CT molecular complexity index is 1080. The Balaban J connectivity index is 1.63. The normalized spacial score (nSPS) is 10.1. The summed E-state index contributed by atoms with van der Waals surface area (Å²) in [7, 11) is 0. The van der Waals surface area contributed by atoms with Gasteiger partial charge in [0.1, 0.15) is 0 Å². The highest BCUT2D eigenvalue weighted by Crippen LogP contribution is 2.15. The van der Waals surface area contributed by atoms with Crippen LogP contribution < -0.4 is 16.0 Å². The average molecular weight is 424 g/mol. The smallest absolute Gasteiger partial charge is 0.257 e. The number of thiocarbonyl (C=S) groups is 1. The van der Waals surface area contributed by atoms with E-state index in [9.17, 15) is 9.59 Å². The third-order valence-electron chi connectivity index (χ3n) is 3.97. The molecule has 0 bridgehead atoms. The zero-order chi connectivity index (χ0) is 20.8. The third kappa shape index (κ3) is 5.88. The number of anilines is 2. The molecule has 2 amide bonds. The fourth-order valence-corrected chi connectivity index (χ4v) is 3.03. The highest BCUT2D eigenvalue weighted by atomic mass is 35.5. The van der Waals surface area contributed by atoms with Crippen molar-refractivity contribution in [2.45, 2.75) is 6.92 Å². The molecule has 0 heterocycles. The summed E-state index contributed by atoms with van der Waals surface area (Å²) in [5.41, 5.74) is 3.21. The molecule has 3 N–H and O–H groups in total. The molecule has 0 saturated heterocycles. The van der Waals surface area contributed by atoms with Crippen LogP contribution >= 0.6 is 23.8 Å². The number of carbonyl (C=O) groups is 2. The van der Waals surface area contributed by atoms with Crippen LogP contribution in [0.15, 0.2) is 72.8 Å². The summed E-state index contributed by atoms with van der Waals surface area (Å²) in [6.45, 7) is 1.96. The highest BCUT2D eigenvalue weighted by molar-refractivity contribution is 7.80. The first kappa shape index (κ1) is 20.5. The highest BCUT2D eigenvalue weighted by Gasteiger charge is 2.10. The second kappa shape index (κ2) is 9.32. The van der Waals surface area contributed by atoms with Crippen LogP contribution in [-0.2, 0) is 0 Å². The predicted octanol–water partition coefficient (Wildman–Crippen LogP) is 5.03. The molecular formula is C22H18ClN3O2S. The third-order valence-corrected chi connectivity index (χ3v) is 4.41. The van der Waals surface area contributed by atoms with E-state index >= 15 is 0 Å². The van der Waals surface area contributed by atoms with E-state index in [1.54, 1.807) is 48.5 Å². The zero-order valence-electron chi connectivity index (χ0n) is 15.5. The first-order valence-corrected chi connectivity index (χ1v) is 9.55. The Morgan fingerprint density at radius 3 is 2.10 bits per heavy atom. The molecule has 3 rings (SSSR count). The molecular weight excluding hydrogens is 406 g/mol. The van der Waals surface area contributed by atoms with Gasteiger partial charge in [0.15, 0.2) is 5.11 Å². The quantitative estimate of drug-likeness (QED) is 0.515. The van der Waals surface area contributed by atoms with Crippen molar-refractivity contribution in [2.75, 3.05) is 10.6 Å². The van der Waals surface area contributed by atoms with Gasteiger partial charge in [-0.25, -0.2) is 0 Å². The lowest BCUT2D eigenvalue weighted by Crippen LogP contribution is -2.34. The number of hydrogen-bond acceptors (Lipinski definition) is 3. The lowest BCUT2D eigenvalue weighted by molar-refractivity contribution is 0.0976. The number of aryl methyl sites for hydroxylation is 1. The maximum Gasteiger partial charge on any atom is 0.257 e. The Morgan fingerprint density at radius 1 is 0.793 bits per heavy atom. The molecule has 0 aromatic heterocycles. The van der Waals surface area contributed by atoms with Gasteiger partial charge in [-0.15, -0.1) is 0 Å². The van der Waals surface area contributed by atoms with Crippen LogP contribution in [-0.4, -0.2) is 16.9 Å². The van der Waals surface area contributed by atoms with Gasteiger partial charge in [-0.05, 0) is 73.2 Å². The number of carbonyl (C=O) groups excluding carboxylic acids is 2. The molecule has 0 aliphatic heterocycles. The van der Waals surface area contributed by atoms with Crippen molar-refractivity contribution in [2.24, 2.45) is 0 Å². The number of halogens is 1. The van der Waals surface area contributed by atoms with Gasteiger partial charge in [0.25, 0.3) is 11.8 Å². The molecule has 5 nitrogen and oxygen atoms in total. The first-order chi connectivity index (χ1) is 13.9. The Labute approximate surface area is 179 Å². The number of hydrogen-bond donors (Lipinski definition) is 3. The number of rotatable bonds is 4. The molecule has 0 aliphatic rings. The summed E-state index contributed by atoms with van der Waals surface area (Å²) in [4.78, 5) is 24.7. The summed E-state index contributed by atoms with van der Waals surface area (Å²) in [5, 5.41) is 8.94. The summed E-state index contributed by atoms with van der Waals surface area (Å²) in [5.74, 6) is -0.619. The van der Waals surface area contributed by atoms with Crippen molar-refractivity contribution < 1.29 is 9.59 Å². The summed E-state index contributed by atoms with van der Waals surface area (Å²) in [6, 6.07) is 20.9. The molecule has 146 valence electrons. The summed E-state index contributed by atoms with van der Waals surface area (Å²) < 4.78 is 0. The van der Waals surface area contributed by atoms with Gasteiger partial charge < -0.3 is 10.6 Å². The van der Waals surface area contributed by atoms with E-state index in [4.69, 9.17) is 23.8 Å². The first-order valence-electron chi connectivity index (χ1n) is 8.77. The standard InChI is InChI=1S/C22H18ClN3O2S/c1-14-5-2-9-18(11-14)24-20(27)16-7-4-10-19(13-16)25-22(29)26-21(28)15-6-3-8-17(23)12-15/h2-13H,1H3,(H,24,27)(H2,25,26,28,29). The van der Waals surface area contributed by atoms with Crippen molar-refractivity contribution in [3.8, 4) is 0 Å². The monoisotopic (exact) mass is 423 g/mol. The SMILES string of the molecule is Cc1cccc(NC(=O)c2cccc(NC(=S)NC(=O)c3cccc(Cl)c3)c2)c1. The van der Waals surface area contributed by atoms with E-state index in [-0.39, 0.29) is 16.9 Å². The Kier molecular flexibility index (Phi) is 6.59. The van der Waals surface area contributed by atoms with E-state index in [0.717, 1.165) is 11.3 Å². The Morgan fingerprint density at radius 2 is 1.41 bits per heavy atom. The molecule has 7 heteroatoms. The van der Waals surface area contributed by atoms with Gasteiger partial charge in [0, 0.05) is 27.5 Å². The molecule has 0 aliphatic carbocycles. The van der Waals surface area contributed by atoms with Gasteiger partial charge in [-0.1, -0.05) is 35.9 Å². The van der Waals surface area contributed by atoms with Crippen molar-refractivity contribution in [3.05, 3.63) is 94.5 Å². The van der Waals surface area contributed by atoms with Crippen molar-refractivity contribution in [3.63, 3.8) is 0 Å². The molecule has 0 radical (unpaired) electrons. The molecule has 3 aromatic rings. The van der Waals surface area contributed by atoms with Crippen molar-refractivity contribution >= 4 is 52.1 Å². The molecule has 29 heavy (non-hydrogen) atoms.